The number of nitrogens with one attached hydrogen (secondary N) is 1. The number of carbonyl (C=O) groups excluding carboxylic acids is 1. The van der Waals surface area contributed by atoms with Crippen LogP contribution in [0.5, 0.6) is 0 Å². The van der Waals surface area contributed by atoms with Crippen LogP contribution in [0.25, 0.3) is 0 Å². The molecule has 0 aromatic carbocycles. The molecule has 1 rings (SSSR count). The average molecular weight is 283 g/mol. The molecule has 116 valence electrons. The van der Waals surface area contributed by atoms with Crippen molar-refractivity contribution in [1.29, 1.82) is 0 Å². The summed E-state index contributed by atoms with van der Waals surface area (Å²) in [5.74, 6) is 1.62. The first-order valence-electron chi connectivity index (χ1n) is 7.69. The van der Waals surface area contributed by atoms with Crippen molar-refractivity contribution >= 4 is 11.9 Å². The van der Waals surface area contributed by atoms with Gasteiger partial charge in [0.25, 0.3) is 0 Å². The van der Waals surface area contributed by atoms with E-state index in [0.29, 0.717) is 5.92 Å². The van der Waals surface area contributed by atoms with E-state index in [4.69, 9.17) is 4.74 Å². The maximum atomic E-state index is 11.5. The van der Waals surface area contributed by atoms with Crippen molar-refractivity contribution in [3.63, 3.8) is 0 Å². The van der Waals surface area contributed by atoms with Crippen molar-refractivity contribution in [2.24, 2.45) is 16.8 Å². The molecule has 20 heavy (non-hydrogen) atoms. The molecule has 1 N–H and O–H groups in total. The van der Waals surface area contributed by atoms with Crippen molar-refractivity contribution in [2.75, 3.05) is 33.8 Å². The van der Waals surface area contributed by atoms with Crippen molar-refractivity contribution < 1.29 is 9.53 Å². The van der Waals surface area contributed by atoms with Gasteiger partial charge in [-0.05, 0) is 18.8 Å². The molecule has 0 saturated carbocycles. The second-order valence-corrected chi connectivity index (χ2v) is 5.40. The van der Waals surface area contributed by atoms with E-state index in [1.165, 1.54) is 20.0 Å². The molecule has 5 heteroatoms. The fourth-order valence-corrected chi connectivity index (χ4v) is 2.64. The fourth-order valence-electron chi connectivity index (χ4n) is 2.64. The van der Waals surface area contributed by atoms with Crippen molar-refractivity contribution in [1.82, 2.24) is 10.2 Å². The molecule has 0 spiro atoms. The number of ether oxygens (including phenoxy) is 1. The minimum atomic E-state index is -0.0790. The average Bonchev–Trinajstić information content (AvgIpc) is 2.51. The third kappa shape index (κ3) is 4.69. The maximum absolute atomic E-state index is 11.5. The molecule has 0 amide bonds. The quantitative estimate of drug-likeness (QED) is 0.475. The third-order valence-electron chi connectivity index (χ3n) is 4.24. The highest BCUT2D eigenvalue weighted by Gasteiger charge is 2.26. The number of aliphatic imine (C=N–C) groups is 1. The second-order valence-electron chi connectivity index (χ2n) is 5.40. The molecular formula is C15H29N3O2. The van der Waals surface area contributed by atoms with Crippen LogP contribution in [0.15, 0.2) is 4.99 Å². The van der Waals surface area contributed by atoms with E-state index in [0.717, 1.165) is 38.4 Å². The first-order valence-corrected chi connectivity index (χ1v) is 7.69. The molecule has 0 aliphatic carbocycles. The van der Waals surface area contributed by atoms with Gasteiger partial charge in [-0.3, -0.25) is 9.79 Å². The predicted molar refractivity (Wildman–Crippen MR) is 81.7 cm³/mol. The van der Waals surface area contributed by atoms with Crippen LogP contribution < -0.4 is 5.32 Å². The molecule has 5 nitrogen and oxygen atoms in total. The van der Waals surface area contributed by atoms with Crippen LogP contribution in [0.1, 0.15) is 39.5 Å². The number of hydrogen-bond acceptors (Lipinski definition) is 3. The van der Waals surface area contributed by atoms with Gasteiger partial charge in [-0.25, -0.2) is 0 Å². The van der Waals surface area contributed by atoms with E-state index < -0.39 is 0 Å². The molecule has 0 bridgehead atoms. The number of methoxy groups -OCH3 is 1. The Hall–Kier alpha value is -1.26. The Morgan fingerprint density at radius 1 is 1.35 bits per heavy atom. The van der Waals surface area contributed by atoms with Crippen LogP contribution in [-0.2, 0) is 9.53 Å². The highest BCUT2D eigenvalue weighted by atomic mass is 16.5. The number of hydrogen-bond donors (Lipinski definition) is 1. The molecule has 1 heterocycles. The minimum Gasteiger partial charge on any atom is -0.469 e. The van der Waals surface area contributed by atoms with Crippen molar-refractivity contribution in [3.8, 4) is 0 Å². The maximum Gasteiger partial charge on any atom is 0.308 e. The lowest BCUT2D eigenvalue weighted by Gasteiger charge is -2.33. The van der Waals surface area contributed by atoms with Gasteiger partial charge in [0.05, 0.1) is 13.0 Å². The molecule has 1 saturated heterocycles. The normalized spacial score (nSPS) is 17.4. The topological polar surface area (TPSA) is 53.9 Å². The van der Waals surface area contributed by atoms with E-state index >= 15 is 0 Å². The standard InChI is InChI=1S/C15H29N3O2/c1-5-12(6-2)11-17-15(16-3)18-9-7-13(8-10-18)14(19)20-4/h12-13H,5-11H2,1-4H3,(H,16,17). The number of likely N-dealkylation sites (tertiary alicyclic amines) is 1. The van der Waals surface area contributed by atoms with E-state index in [-0.39, 0.29) is 11.9 Å². The lowest BCUT2D eigenvalue weighted by Crippen LogP contribution is -2.47. The number of nitrogens with zero attached hydrogens (tertiary/aromatic N) is 2. The summed E-state index contributed by atoms with van der Waals surface area (Å²) in [4.78, 5) is 18.1. The molecule has 0 radical (unpaired) electrons. The van der Waals surface area contributed by atoms with Crippen LogP contribution in [0, 0.1) is 11.8 Å². The highest BCUT2D eigenvalue weighted by molar-refractivity contribution is 5.80. The molecule has 0 aromatic rings. The van der Waals surface area contributed by atoms with Gasteiger partial charge in [0.15, 0.2) is 5.96 Å². The number of carbonyl (C=O) groups is 1. The summed E-state index contributed by atoms with van der Waals surface area (Å²) in [5.41, 5.74) is 0. The second kappa shape index (κ2) is 8.82. The molecule has 0 atom stereocenters. The Bertz CT molecular complexity index is 319. The summed E-state index contributed by atoms with van der Waals surface area (Å²) in [6.07, 6.45) is 4.06. The summed E-state index contributed by atoms with van der Waals surface area (Å²) in [5, 5.41) is 3.46. The molecule has 1 aliphatic rings. The number of guanidine groups is 1. The Balaban J connectivity index is 2.43. The van der Waals surface area contributed by atoms with Crippen LogP contribution in [-0.4, -0.2) is 50.6 Å². The van der Waals surface area contributed by atoms with Crippen molar-refractivity contribution in [2.45, 2.75) is 39.5 Å². The Labute approximate surface area is 122 Å². The van der Waals surface area contributed by atoms with Gasteiger partial charge in [0, 0.05) is 26.7 Å². The zero-order valence-corrected chi connectivity index (χ0v) is 13.3. The Kier molecular flexibility index (Phi) is 7.41. The number of piperidine rings is 1. The van der Waals surface area contributed by atoms with Gasteiger partial charge in [-0.1, -0.05) is 26.7 Å². The summed E-state index contributed by atoms with van der Waals surface area (Å²) >= 11 is 0. The summed E-state index contributed by atoms with van der Waals surface area (Å²) < 4.78 is 4.82. The van der Waals surface area contributed by atoms with Crippen LogP contribution in [0.4, 0.5) is 0 Å². The summed E-state index contributed by atoms with van der Waals surface area (Å²) in [6, 6.07) is 0. The van der Waals surface area contributed by atoms with Crippen LogP contribution >= 0.6 is 0 Å². The highest BCUT2D eigenvalue weighted by Crippen LogP contribution is 2.18. The molecule has 1 fully saturated rings. The fraction of sp³-hybridized carbons (Fsp3) is 0.867. The minimum absolute atomic E-state index is 0.0494. The Morgan fingerprint density at radius 3 is 2.40 bits per heavy atom. The largest absolute Gasteiger partial charge is 0.469 e. The van der Waals surface area contributed by atoms with E-state index in [2.05, 4.69) is 29.1 Å². The molecule has 0 aromatic heterocycles. The van der Waals surface area contributed by atoms with Crippen LogP contribution in [0.2, 0.25) is 0 Å². The first kappa shape index (κ1) is 16.8. The zero-order chi connectivity index (χ0) is 15.0. The van der Waals surface area contributed by atoms with Gasteiger partial charge >= 0.3 is 5.97 Å². The van der Waals surface area contributed by atoms with Gasteiger partial charge < -0.3 is 15.0 Å². The lowest BCUT2D eigenvalue weighted by atomic mass is 9.97. The van der Waals surface area contributed by atoms with Gasteiger partial charge in [0.2, 0.25) is 0 Å². The number of rotatable bonds is 5. The summed E-state index contributed by atoms with van der Waals surface area (Å²) in [6.45, 7) is 7.14. The Morgan fingerprint density at radius 2 is 1.95 bits per heavy atom. The van der Waals surface area contributed by atoms with Gasteiger partial charge in [0.1, 0.15) is 0 Å². The zero-order valence-electron chi connectivity index (χ0n) is 13.3. The van der Waals surface area contributed by atoms with E-state index in [1.807, 2.05) is 7.05 Å². The monoisotopic (exact) mass is 283 g/mol. The van der Waals surface area contributed by atoms with Crippen LogP contribution in [0.3, 0.4) is 0 Å². The van der Waals surface area contributed by atoms with E-state index in [9.17, 15) is 4.79 Å². The van der Waals surface area contributed by atoms with Gasteiger partial charge in [-0.2, -0.15) is 0 Å². The smallest absolute Gasteiger partial charge is 0.308 e. The van der Waals surface area contributed by atoms with E-state index in [1.54, 1.807) is 0 Å². The molecular weight excluding hydrogens is 254 g/mol. The number of esters is 1. The van der Waals surface area contributed by atoms with Crippen molar-refractivity contribution in [3.05, 3.63) is 0 Å². The lowest BCUT2D eigenvalue weighted by molar-refractivity contribution is -0.146. The third-order valence-corrected chi connectivity index (χ3v) is 4.24. The molecule has 1 aliphatic heterocycles. The van der Waals surface area contributed by atoms with Gasteiger partial charge in [-0.15, -0.1) is 0 Å². The SMILES string of the molecule is CCC(CC)CNC(=NC)N1CCC(C(=O)OC)CC1. The predicted octanol–water partition coefficient (Wildman–Crippen LogP) is 1.88. The first-order chi connectivity index (χ1) is 9.65. The summed E-state index contributed by atoms with van der Waals surface area (Å²) in [7, 11) is 3.28. The molecule has 0 unspecified atom stereocenters.